The minimum Gasteiger partial charge on any atom is -0.507 e. The van der Waals surface area contributed by atoms with Crippen LogP contribution in [0, 0.1) is 5.92 Å². The number of rotatable bonds is 4. The molecule has 1 saturated heterocycles. The summed E-state index contributed by atoms with van der Waals surface area (Å²) in [7, 11) is 0. The zero-order chi connectivity index (χ0) is 23.9. The summed E-state index contributed by atoms with van der Waals surface area (Å²) in [6.07, 6.45) is 8.31. The molecular weight excluding hydrogens is 438 g/mol. The molecule has 0 radical (unpaired) electrons. The Kier molecular flexibility index (Phi) is 6.25. The van der Waals surface area contributed by atoms with E-state index in [-0.39, 0.29) is 5.75 Å². The highest BCUT2D eigenvalue weighted by Gasteiger charge is 2.36. The molecule has 6 rings (SSSR count). The highest BCUT2D eigenvalue weighted by Crippen LogP contribution is 2.39. The van der Waals surface area contributed by atoms with Crippen molar-refractivity contribution in [1.29, 1.82) is 0 Å². The van der Waals surface area contributed by atoms with Crippen molar-refractivity contribution >= 4 is 11.0 Å². The van der Waals surface area contributed by atoms with Crippen LogP contribution in [0.4, 0.5) is 0 Å². The van der Waals surface area contributed by atoms with Crippen LogP contribution in [0.2, 0.25) is 0 Å². The maximum Gasteiger partial charge on any atom is 0.160 e. The van der Waals surface area contributed by atoms with Crippen molar-refractivity contribution in [1.82, 2.24) is 25.0 Å². The number of H-pyrrole nitrogens is 1. The number of nitrogens with one attached hydrogen (secondary N) is 1. The molecule has 7 heteroatoms. The largest absolute Gasteiger partial charge is 0.507 e. The van der Waals surface area contributed by atoms with Crippen molar-refractivity contribution in [3.63, 3.8) is 0 Å². The van der Waals surface area contributed by atoms with E-state index < -0.39 is 0 Å². The Balaban J connectivity index is 1.19. The van der Waals surface area contributed by atoms with Crippen molar-refractivity contribution in [2.75, 3.05) is 26.2 Å². The Morgan fingerprint density at radius 2 is 1.74 bits per heavy atom. The molecule has 1 aromatic carbocycles. The fourth-order valence-electron chi connectivity index (χ4n) is 6.93. The monoisotopic (exact) mass is 475 g/mol. The van der Waals surface area contributed by atoms with E-state index >= 15 is 0 Å². The number of aromatic amines is 1. The summed E-state index contributed by atoms with van der Waals surface area (Å²) in [5, 5.41) is 29.8. The van der Waals surface area contributed by atoms with Gasteiger partial charge in [0.1, 0.15) is 5.75 Å². The second-order valence-corrected chi connectivity index (χ2v) is 10.8. The normalized spacial score (nSPS) is 26.7. The Morgan fingerprint density at radius 3 is 2.49 bits per heavy atom. The molecule has 2 aromatic heterocycles. The third-order valence-electron chi connectivity index (χ3n) is 8.95. The second kappa shape index (κ2) is 9.52. The first-order valence-corrected chi connectivity index (χ1v) is 13.4. The van der Waals surface area contributed by atoms with Crippen LogP contribution in [0.25, 0.3) is 22.3 Å². The predicted molar refractivity (Wildman–Crippen MR) is 137 cm³/mol. The lowest BCUT2D eigenvalue weighted by molar-refractivity contribution is 0.0403. The number of likely N-dealkylation sites (tertiary alicyclic amines) is 1. The van der Waals surface area contributed by atoms with Crippen LogP contribution in [-0.4, -0.2) is 73.5 Å². The van der Waals surface area contributed by atoms with Crippen molar-refractivity contribution in [3.8, 4) is 17.0 Å². The highest BCUT2D eigenvalue weighted by atomic mass is 16.3. The van der Waals surface area contributed by atoms with Crippen LogP contribution in [0.15, 0.2) is 30.3 Å². The van der Waals surface area contributed by atoms with Crippen LogP contribution < -0.4 is 0 Å². The molecule has 1 saturated carbocycles. The van der Waals surface area contributed by atoms with Crippen molar-refractivity contribution in [2.24, 2.45) is 5.92 Å². The number of phenolic OH excluding ortho intramolecular Hbond substituents is 1. The molecule has 0 unspecified atom stereocenters. The van der Waals surface area contributed by atoms with E-state index in [2.05, 4.69) is 38.0 Å². The Labute approximate surface area is 207 Å². The van der Waals surface area contributed by atoms with E-state index in [9.17, 15) is 10.2 Å². The van der Waals surface area contributed by atoms with Crippen LogP contribution >= 0.6 is 0 Å². The van der Waals surface area contributed by atoms with Crippen molar-refractivity contribution < 1.29 is 10.2 Å². The van der Waals surface area contributed by atoms with E-state index in [0.29, 0.717) is 36.3 Å². The van der Waals surface area contributed by atoms with Crippen LogP contribution in [0.3, 0.4) is 0 Å². The Bertz CT molecular complexity index is 1180. The van der Waals surface area contributed by atoms with E-state index in [1.807, 2.05) is 18.2 Å². The number of fused-ring (bicyclic) bond motifs is 3. The van der Waals surface area contributed by atoms with Crippen LogP contribution in [-0.2, 0) is 6.42 Å². The zero-order valence-corrected chi connectivity index (χ0v) is 20.7. The number of aromatic nitrogens is 3. The molecule has 186 valence electrons. The van der Waals surface area contributed by atoms with Gasteiger partial charge in [-0.2, -0.15) is 0 Å². The second-order valence-electron chi connectivity index (χ2n) is 10.8. The number of hydrogen-bond acceptors (Lipinski definition) is 6. The molecule has 4 heterocycles. The first kappa shape index (κ1) is 23.0. The molecule has 7 nitrogen and oxygen atoms in total. The van der Waals surface area contributed by atoms with Gasteiger partial charge in [0.15, 0.2) is 5.65 Å². The topological polar surface area (TPSA) is 88.5 Å². The SMILES string of the molecule is C[C@@H]1c2c([nH]c3nnc(-c4ccccc4O)cc23)CCN1C1CCN(C2CCC(CO)CC2)CC1. The molecule has 3 N–H and O–H groups in total. The molecule has 0 spiro atoms. The van der Waals surface area contributed by atoms with E-state index in [0.717, 1.165) is 29.6 Å². The van der Waals surface area contributed by atoms with E-state index in [4.69, 9.17) is 0 Å². The number of benzene rings is 1. The van der Waals surface area contributed by atoms with E-state index in [1.165, 1.54) is 62.9 Å². The molecule has 2 aliphatic heterocycles. The standard InChI is InChI=1S/C28H37N5O2/c1-18-27-23-16-25(22-4-2-3-5-26(22)35)30-31-28(23)29-24(27)12-15-33(18)21-10-13-32(14-11-21)20-8-6-19(17-34)7-9-20/h2-5,16,18-21,34-35H,6-15,17H2,1H3,(H,29,31)/t18-,19?,20?/m1/s1. The highest BCUT2D eigenvalue weighted by molar-refractivity contribution is 5.86. The first-order valence-electron chi connectivity index (χ1n) is 13.4. The molecule has 3 aliphatic rings. The van der Waals surface area contributed by atoms with Gasteiger partial charge in [-0.15, -0.1) is 10.2 Å². The average Bonchev–Trinajstić information content (AvgIpc) is 3.28. The van der Waals surface area contributed by atoms with Gasteiger partial charge < -0.3 is 20.1 Å². The summed E-state index contributed by atoms with van der Waals surface area (Å²) < 4.78 is 0. The summed E-state index contributed by atoms with van der Waals surface area (Å²) in [6, 6.07) is 11.1. The maximum absolute atomic E-state index is 10.3. The summed E-state index contributed by atoms with van der Waals surface area (Å²) in [5.74, 6) is 0.760. The molecule has 1 atom stereocenters. The summed E-state index contributed by atoms with van der Waals surface area (Å²) >= 11 is 0. The van der Waals surface area contributed by atoms with Gasteiger partial charge in [-0.25, -0.2) is 0 Å². The fraction of sp³-hybridized carbons (Fsp3) is 0.571. The van der Waals surface area contributed by atoms with Gasteiger partial charge in [0, 0.05) is 54.3 Å². The quantitative estimate of drug-likeness (QED) is 0.522. The van der Waals surface area contributed by atoms with Crippen molar-refractivity contribution in [3.05, 3.63) is 41.6 Å². The van der Waals surface area contributed by atoms with Gasteiger partial charge in [-0.3, -0.25) is 4.90 Å². The lowest BCUT2D eigenvalue weighted by Crippen LogP contribution is -2.50. The molecular formula is C28H37N5O2. The number of phenols is 1. The van der Waals surface area contributed by atoms with Crippen LogP contribution in [0.5, 0.6) is 5.75 Å². The van der Waals surface area contributed by atoms with Gasteiger partial charge >= 0.3 is 0 Å². The minimum absolute atomic E-state index is 0.233. The molecule has 35 heavy (non-hydrogen) atoms. The molecule has 0 bridgehead atoms. The molecule has 2 fully saturated rings. The van der Waals surface area contributed by atoms with E-state index in [1.54, 1.807) is 6.07 Å². The number of aliphatic hydroxyl groups excluding tert-OH is 1. The molecule has 3 aromatic rings. The van der Waals surface area contributed by atoms with Gasteiger partial charge in [-0.1, -0.05) is 12.1 Å². The van der Waals surface area contributed by atoms with Crippen LogP contribution in [0.1, 0.15) is 62.7 Å². The third kappa shape index (κ3) is 4.24. The third-order valence-corrected chi connectivity index (χ3v) is 8.95. The number of aromatic hydroxyl groups is 1. The summed E-state index contributed by atoms with van der Waals surface area (Å²) in [5.41, 5.74) is 4.91. The predicted octanol–water partition coefficient (Wildman–Crippen LogP) is 4.27. The molecule has 0 amide bonds. The Morgan fingerprint density at radius 1 is 0.971 bits per heavy atom. The lowest BCUT2D eigenvalue weighted by atomic mass is 9.84. The fourth-order valence-corrected chi connectivity index (χ4v) is 6.93. The summed E-state index contributed by atoms with van der Waals surface area (Å²) in [6.45, 7) is 6.15. The number of para-hydroxylation sites is 1. The Hall–Kier alpha value is -2.48. The average molecular weight is 476 g/mol. The minimum atomic E-state index is 0.233. The number of nitrogens with zero attached hydrogens (tertiary/aromatic N) is 4. The maximum atomic E-state index is 10.3. The first-order chi connectivity index (χ1) is 17.1. The molecule has 1 aliphatic carbocycles. The van der Waals surface area contributed by atoms with Gasteiger partial charge in [0.25, 0.3) is 0 Å². The van der Waals surface area contributed by atoms with Crippen molar-refractivity contribution in [2.45, 2.75) is 70.0 Å². The smallest absolute Gasteiger partial charge is 0.160 e. The zero-order valence-electron chi connectivity index (χ0n) is 20.7. The lowest BCUT2D eigenvalue weighted by Gasteiger charge is -2.46. The summed E-state index contributed by atoms with van der Waals surface area (Å²) in [4.78, 5) is 8.98. The van der Waals surface area contributed by atoms with Gasteiger partial charge in [0.05, 0.1) is 5.69 Å². The van der Waals surface area contributed by atoms with Gasteiger partial charge in [0.2, 0.25) is 0 Å². The van der Waals surface area contributed by atoms with Gasteiger partial charge in [-0.05, 0) is 88.2 Å². The number of hydrogen-bond donors (Lipinski definition) is 3. The number of piperidine rings is 1. The number of aliphatic hydroxyl groups is 1.